The number of aldehydes is 1. The van der Waals surface area contributed by atoms with Gasteiger partial charge in [0.1, 0.15) is 11.4 Å². The van der Waals surface area contributed by atoms with Crippen molar-refractivity contribution in [2.45, 2.75) is 18.9 Å². The number of hydrogen-bond acceptors (Lipinski definition) is 6. The van der Waals surface area contributed by atoms with Gasteiger partial charge in [-0.25, -0.2) is 0 Å². The first-order valence-corrected chi connectivity index (χ1v) is 10.6. The van der Waals surface area contributed by atoms with Gasteiger partial charge in [-0.15, -0.1) is 0 Å². The molecule has 0 aliphatic carbocycles. The molecule has 0 spiro atoms. The second-order valence-electron chi connectivity index (χ2n) is 7.97. The third-order valence-corrected chi connectivity index (χ3v) is 5.99. The first kappa shape index (κ1) is 20.0. The van der Waals surface area contributed by atoms with Gasteiger partial charge in [0.2, 0.25) is 0 Å². The first-order chi connectivity index (χ1) is 15.6. The van der Waals surface area contributed by atoms with Crippen LogP contribution in [-0.2, 0) is 7.05 Å². The Morgan fingerprint density at radius 3 is 2.69 bits per heavy atom. The van der Waals surface area contributed by atoms with Crippen LogP contribution in [0.4, 0.5) is 5.82 Å². The van der Waals surface area contributed by atoms with Gasteiger partial charge < -0.3 is 14.6 Å². The summed E-state index contributed by atoms with van der Waals surface area (Å²) >= 11 is 0. The topological polar surface area (TPSA) is 93.3 Å². The van der Waals surface area contributed by atoms with Crippen LogP contribution < -0.4 is 10.2 Å². The molecule has 1 saturated heterocycles. The number of nitrogens with zero attached hydrogens (tertiary/aromatic N) is 4. The Labute approximate surface area is 184 Å². The fourth-order valence-corrected chi connectivity index (χ4v) is 4.33. The standard InChI is InChI=1S/C24H23N5O3/c1-28-24(18(15-30)14-26-28)29-11-7-19(8-12-29)27-23(31)17-4-2-16(3-5-17)22-20-9-13-32-21(20)6-10-25-22/h2-6,9-10,13-15,19H,7-8,11-12H2,1H3,(H,27,31). The number of nitrogens with one attached hydrogen (secondary N) is 1. The number of fused-ring (bicyclic) bond motifs is 1. The molecule has 162 valence electrons. The van der Waals surface area contributed by atoms with Gasteiger partial charge in [-0.1, -0.05) is 12.1 Å². The summed E-state index contributed by atoms with van der Waals surface area (Å²) in [5.41, 5.74) is 3.76. The molecule has 1 aromatic carbocycles. The van der Waals surface area contributed by atoms with E-state index < -0.39 is 0 Å². The van der Waals surface area contributed by atoms with E-state index in [1.54, 1.807) is 23.3 Å². The number of benzene rings is 1. The molecule has 1 N–H and O–H groups in total. The third-order valence-electron chi connectivity index (χ3n) is 5.99. The molecule has 8 heteroatoms. The number of carbonyl (C=O) groups excluding carboxylic acids is 2. The molecule has 8 nitrogen and oxygen atoms in total. The summed E-state index contributed by atoms with van der Waals surface area (Å²) in [5.74, 6) is 0.750. The molecule has 0 radical (unpaired) electrons. The van der Waals surface area contributed by atoms with Gasteiger partial charge in [0.15, 0.2) is 6.29 Å². The van der Waals surface area contributed by atoms with Crippen molar-refractivity contribution in [2.75, 3.05) is 18.0 Å². The van der Waals surface area contributed by atoms with Crippen LogP contribution in [0.5, 0.6) is 0 Å². The van der Waals surface area contributed by atoms with Crippen LogP contribution in [0.25, 0.3) is 22.2 Å². The second-order valence-corrected chi connectivity index (χ2v) is 7.97. The molecule has 0 saturated carbocycles. The highest BCUT2D eigenvalue weighted by molar-refractivity contribution is 5.96. The summed E-state index contributed by atoms with van der Waals surface area (Å²) in [7, 11) is 1.84. The van der Waals surface area contributed by atoms with Crippen molar-refractivity contribution < 1.29 is 14.0 Å². The van der Waals surface area contributed by atoms with E-state index in [0.29, 0.717) is 11.1 Å². The van der Waals surface area contributed by atoms with Crippen LogP contribution in [0, 0.1) is 0 Å². The fourth-order valence-electron chi connectivity index (χ4n) is 4.33. The third kappa shape index (κ3) is 3.64. The average Bonchev–Trinajstić information content (AvgIpc) is 3.46. The lowest BCUT2D eigenvalue weighted by Gasteiger charge is -2.34. The number of aryl methyl sites for hydroxylation is 1. The quantitative estimate of drug-likeness (QED) is 0.489. The normalized spacial score (nSPS) is 14.6. The van der Waals surface area contributed by atoms with Crippen molar-refractivity contribution in [3.05, 3.63) is 66.2 Å². The van der Waals surface area contributed by atoms with Gasteiger partial charge in [-0.2, -0.15) is 5.10 Å². The minimum absolute atomic E-state index is 0.0846. The molecule has 1 aliphatic heterocycles. The Balaban J connectivity index is 1.23. The summed E-state index contributed by atoms with van der Waals surface area (Å²) < 4.78 is 7.17. The van der Waals surface area contributed by atoms with E-state index in [1.807, 2.05) is 43.4 Å². The van der Waals surface area contributed by atoms with Crippen LogP contribution in [-0.4, -0.2) is 46.1 Å². The summed E-state index contributed by atoms with van der Waals surface area (Å²) in [5, 5.41) is 8.26. The van der Waals surface area contributed by atoms with Crippen molar-refractivity contribution in [3.8, 4) is 11.3 Å². The predicted molar refractivity (Wildman–Crippen MR) is 121 cm³/mol. The second kappa shape index (κ2) is 8.30. The Morgan fingerprint density at radius 1 is 1.16 bits per heavy atom. The molecule has 0 unspecified atom stereocenters. The monoisotopic (exact) mass is 429 g/mol. The van der Waals surface area contributed by atoms with Crippen LogP contribution in [0.3, 0.4) is 0 Å². The van der Waals surface area contributed by atoms with Crippen molar-refractivity contribution in [3.63, 3.8) is 0 Å². The Kier molecular flexibility index (Phi) is 5.18. The zero-order valence-electron chi connectivity index (χ0n) is 17.7. The molecule has 5 rings (SSSR count). The highest BCUT2D eigenvalue weighted by Crippen LogP contribution is 2.27. The molecule has 4 aromatic rings. The van der Waals surface area contributed by atoms with Gasteiger partial charge in [0.25, 0.3) is 5.91 Å². The SMILES string of the molecule is Cn1ncc(C=O)c1N1CCC(NC(=O)c2ccc(-c3nccc4occc34)cc2)CC1. The van der Waals surface area contributed by atoms with E-state index >= 15 is 0 Å². The van der Waals surface area contributed by atoms with Crippen molar-refractivity contribution in [1.29, 1.82) is 0 Å². The van der Waals surface area contributed by atoms with E-state index in [2.05, 4.69) is 20.3 Å². The Hall–Kier alpha value is -3.94. The molecular formula is C24H23N5O3. The molecular weight excluding hydrogens is 406 g/mol. The van der Waals surface area contributed by atoms with Gasteiger partial charge >= 0.3 is 0 Å². The molecule has 3 aromatic heterocycles. The van der Waals surface area contributed by atoms with Crippen molar-refractivity contribution in [2.24, 2.45) is 7.05 Å². The molecule has 4 heterocycles. The maximum absolute atomic E-state index is 12.8. The van der Waals surface area contributed by atoms with Crippen LogP contribution in [0.1, 0.15) is 33.6 Å². The number of amides is 1. The highest BCUT2D eigenvalue weighted by Gasteiger charge is 2.24. The van der Waals surface area contributed by atoms with Crippen molar-refractivity contribution in [1.82, 2.24) is 20.1 Å². The lowest BCUT2D eigenvalue weighted by atomic mass is 10.0. The van der Waals surface area contributed by atoms with E-state index in [0.717, 1.165) is 60.3 Å². The lowest BCUT2D eigenvalue weighted by Crippen LogP contribution is -2.45. The lowest BCUT2D eigenvalue weighted by molar-refractivity contribution is 0.0931. The zero-order valence-corrected chi connectivity index (χ0v) is 17.7. The fraction of sp³-hybridized carbons (Fsp3) is 0.250. The van der Waals surface area contributed by atoms with E-state index in [-0.39, 0.29) is 11.9 Å². The first-order valence-electron chi connectivity index (χ1n) is 10.6. The van der Waals surface area contributed by atoms with Gasteiger partial charge in [0.05, 0.1) is 23.7 Å². The van der Waals surface area contributed by atoms with Gasteiger partial charge in [0, 0.05) is 48.9 Å². The van der Waals surface area contributed by atoms with E-state index in [1.165, 1.54) is 0 Å². The summed E-state index contributed by atoms with van der Waals surface area (Å²) in [4.78, 5) is 30.7. The Morgan fingerprint density at radius 2 is 1.94 bits per heavy atom. The summed E-state index contributed by atoms with van der Waals surface area (Å²) in [6, 6.07) is 11.3. The van der Waals surface area contributed by atoms with E-state index in [4.69, 9.17) is 4.42 Å². The number of pyridine rings is 1. The molecule has 32 heavy (non-hydrogen) atoms. The molecule has 0 bridgehead atoms. The average molecular weight is 429 g/mol. The van der Waals surface area contributed by atoms with Gasteiger partial charge in [-0.05, 0) is 37.1 Å². The van der Waals surface area contributed by atoms with Gasteiger partial charge in [-0.3, -0.25) is 19.3 Å². The zero-order chi connectivity index (χ0) is 22.1. The number of furan rings is 1. The smallest absolute Gasteiger partial charge is 0.251 e. The maximum atomic E-state index is 12.8. The summed E-state index contributed by atoms with van der Waals surface area (Å²) in [6.07, 6.45) is 7.40. The Bertz CT molecular complexity index is 1270. The highest BCUT2D eigenvalue weighted by atomic mass is 16.3. The maximum Gasteiger partial charge on any atom is 0.251 e. The summed E-state index contributed by atoms with van der Waals surface area (Å²) in [6.45, 7) is 1.51. The minimum atomic E-state index is -0.0846. The minimum Gasteiger partial charge on any atom is -0.464 e. The van der Waals surface area contributed by atoms with Crippen LogP contribution in [0.2, 0.25) is 0 Å². The van der Waals surface area contributed by atoms with Crippen LogP contribution in [0.15, 0.2) is 59.5 Å². The van der Waals surface area contributed by atoms with Crippen molar-refractivity contribution >= 4 is 29.0 Å². The van der Waals surface area contributed by atoms with E-state index in [9.17, 15) is 9.59 Å². The molecule has 1 amide bonds. The molecule has 1 aliphatic rings. The predicted octanol–water partition coefficient (Wildman–Crippen LogP) is 3.44. The number of piperidine rings is 1. The largest absolute Gasteiger partial charge is 0.464 e. The number of hydrogen-bond donors (Lipinski definition) is 1. The number of aromatic nitrogens is 3. The van der Waals surface area contributed by atoms with Crippen LogP contribution >= 0.6 is 0 Å². The number of rotatable bonds is 5. The molecule has 0 atom stereocenters. The molecule has 1 fully saturated rings. The number of anilines is 1. The number of carbonyl (C=O) groups is 2.